The molecule has 0 spiro atoms. The average Bonchev–Trinajstić information content (AvgIpc) is 0.907. The molecule has 0 saturated heterocycles. The SMILES string of the molecule is CC/C=C\C/C=C\C/C=C\C/C=C\C/C=C\C/C=C\CCC(=O)O[C@H](COC(=O)CCCCCCCCCCCCCCCCC)COP(=O)(O)OC[C@@H](O)COP(=O)(O)OC[C@@H](COC(=O)CCCCCCCCCCCCCCCCC)OC(=O)CCCCC/C=C\C/C=C\C/C=C\C/C=C\C/C=C\CC. The van der Waals surface area contributed by atoms with E-state index in [9.17, 15) is 43.2 Å². The number of allylic oxidation sites excluding steroid dienone is 22. The van der Waals surface area contributed by atoms with Gasteiger partial charge in [-0.25, -0.2) is 9.13 Å². The van der Waals surface area contributed by atoms with Crippen LogP contribution in [0.2, 0.25) is 0 Å². The zero-order valence-corrected chi connectivity index (χ0v) is 69.8. The van der Waals surface area contributed by atoms with E-state index in [2.05, 4.69) is 143 Å². The number of phosphoric acid groups is 2. The van der Waals surface area contributed by atoms with Crippen molar-refractivity contribution >= 4 is 39.5 Å². The van der Waals surface area contributed by atoms with Crippen molar-refractivity contribution in [2.75, 3.05) is 39.6 Å². The van der Waals surface area contributed by atoms with Crippen molar-refractivity contribution in [2.45, 2.75) is 367 Å². The Hall–Kier alpha value is -4.80. The Bertz CT molecular complexity index is 2560. The Labute approximate surface area is 656 Å². The average molecular weight is 1560 g/mol. The minimum atomic E-state index is -5.00. The molecule has 0 heterocycles. The lowest BCUT2D eigenvalue weighted by Crippen LogP contribution is -2.30. The minimum Gasteiger partial charge on any atom is -0.462 e. The molecule has 0 fully saturated rings. The van der Waals surface area contributed by atoms with Crippen molar-refractivity contribution in [3.05, 3.63) is 134 Å². The van der Waals surface area contributed by atoms with E-state index in [4.69, 9.17) is 37.0 Å². The highest BCUT2D eigenvalue weighted by Crippen LogP contribution is 2.45. The summed E-state index contributed by atoms with van der Waals surface area (Å²) in [5.74, 6) is -2.29. The molecule has 0 aromatic carbocycles. The number of aliphatic hydroxyl groups excluding tert-OH is 1. The zero-order chi connectivity index (χ0) is 78.9. The lowest BCUT2D eigenvalue weighted by molar-refractivity contribution is -0.161. The lowest BCUT2D eigenvalue weighted by Gasteiger charge is -2.21. The largest absolute Gasteiger partial charge is 0.472 e. The van der Waals surface area contributed by atoms with E-state index in [1.54, 1.807) is 0 Å². The first-order valence-corrected chi connectivity index (χ1v) is 45.4. The molecule has 17 nitrogen and oxygen atoms in total. The van der Waals surface area contributed by atoms with Gasteiger partial charge in [-0.3, -0.25) is 37.3 Å². The first-order chi connectivity index (χ1) is 52.7. The molecule has 0 bridgehead atoms. The van der Waals surface area contributed by atoms with Gasteiger partial charge in [0.2, 0.25) is 0 Å². The number of hydrogen-bond donors (Lipinski definition) is 3. The molecular weight excluding hydrogens is 1400 g/mol. The lowest BCUT2D eigenvalue weighted by atomic mass is 10.0. The summed E-state index contributed by atoms with van der Waals surface area (Å²) >= 11 is 0. The Balaban J connectivity index is 5.47. The van der Waals surface area contributed by atoms with E-state index >= 15 is 0 Å². The van der Waals surface area contributed by atoms with Gasteiger partial charge < -0.3 is 33.8 Å². The van der Waals surface area contributed by atoms with Gasteiger partial charge >= 0.3 is 39.5 Å². The number of ether oxygens (including phenoxy) is 4. The van der Waals surface area contributed by atoms with Gasteiger partial charge in [-0.15, -0.1) is 0 Å². The molecule has 0 amide bonds. The summed E-state index contributed by atoms with van der Waals surface area (Å²) in [4.78, 5) is 73.2. The van der Waals surface area contributed by atoms with E-state index in [0.29, 0.717) is 32.1 Å². The minimum absolute atomic E-state index is 0.0313. The highest BCUT2D eigenvalue weighted by Gasteiger charge is 2.30. The third-order valence-electron chi connectivity index (χ3n) is 17.7. The molecule has 0 radical (unpaired) electrons. The van der Waals surface area contributed by atoms with Crippen LogP contribution in [0.1, 0.15) is 349 Å². The summed E-state index contributed by atoms with van der Waals surface area (Å²) in [5.41, 5.74) is 0. The summed E-state index contributed by atoms with van der Waals surface area (Å²) in [6.45, 7) is 4.58. The van der Waals surface area contributed by atoms with Crippen molar-refractivity contribution in [1.29, 1.82) is 0 Å². The Kier molecular flexibility index (Phi) is 76.7. The van der Waals surface area contributed by atoms with Crippen molar-refractivity contribution in [1.82, 2.24) is 0 Å². The second-order valence-corrected chi connectivity index (χ2v) is 30.9. The van der Waals surface area contributed by atoms with Gasteiger partial charge in [0.15, 0.2) is 12.2 Å². The van der Waals surface area contributed by atoms with Crippen molar-refractivity contribution in [3.63, 3.8) is 0 Å². The monoisotopic (exact) mass is 1560 g/mol. The number of unbranched alkanes of at least 4 members (excludes halogenated alkanes) is 31. The maximum absolute atomic E-state index is 13.1. The normalized spacial score (nSPS) is 14.5. The first-order valence-electron chi connectivity index (χ1n) is 42.4. The van der Waals surface area contributed by atoms with Crippen molar-refractivity contribution in [3.8, 4) is 0 Å². The molecule has 108 heavy (non-hydrogen) atoms. The molecular formula is C89H152O17P2. The van der Waals surface area contributed by atoms with Crippen LogP contribution >= 0.6 is 15.6 Å². The first kappa shape index (κ1) is 103. The standard InChI is InChI=1S/C89H152O17P2/c1-5-9-13-17-21-25-29-33-37-39-41-43-47-51-55-59-63-67-71-75-88(93)105-84(79-99-86(91)73-69-65-61-57-53-49-45-35-31-27-23-19-15-11-7-3)81-103-107(95,96)101-77-83(90)78-102-108(97,98)104-82-85(80-100-87(92)74-70-66-62-58-54-50-46-36-32-28-24-20-16-12-8-4)106-89(94)76-72-68-64-60-56-52-48-44-42-40-38-34-30-26-22-18-14-10-6-2/h9-10,13-14,21-22,25-26,33-34,37-38,41-44,51-52,55-56,63,67,83-85,90H,5-8,11-12,15-20,23-24,27-32,35-36,39-40,45-50,53-54,57-62,64-66,68-82H2,1-4H3,(H,95,96)(H,97,98)/b13-9-,14-10-,25-21-,26-22-,37-33-,38-34-,43-41-,44-42-,55-51-,56-52-,67-63-/t83-,84-,85-/m1/s1. The predicted octanol–water partition coefficient (Wildman–Crippen LogP) is 25.2. The highest BCUT2D eigenvalue weighted by molar-refractivity contribution is 7.47. The van der Waals surface area contributed by atoms with Crippen LogP contribution in [-0.2, 0) is 65.4 Å². The fourth-order valence-corrected chi connectivity index (χ4v) is 12.9. The van der Waals surface area contributed by atoms with Crippen LogP contribution in [0.25, 0.3) is 0 Å². The fraction of sp³-hybridized carbons (Fsp3) is 0.708. The van der Waals surface area contributed by atoms with Crippen LogP contribution in [-0.4, -0.2) is 96.7 Å². The van der Waals surface area contributed by atoms with Gasteiger partial charge in [-0.05, 0) is 109 Å². The van der Waals surface area contributed by atoms with Gasteiger partial charge in [-0.1, -0.05) is 348 Å². The quantitative estimate of drug-likeness (QED) is 0.0169. The van der Waals surface area contributed by atoms with Crippen LogP contribution in [0.4, 0.5) is 0 Å². The second kappa shape index (κ2) is 80.3. The number of rotatable bonds is 79. The number of esters is 4. The van der Waals surface area contributed by atoms with Crippen molar-refractivity contribution < 1.29 is 80.2 Å². The number of phosphoric ester groups is 2. The van der Waals surface area contributed by atoms with Crippen LogP contribution in [0.5, 0.6) is 0 Å². The summed E-state index contributed by atoms with van der Waals surface area (Å²) < 4.78 is 68.7. The molecule has 0 aliphatic heterocycles. The fourth-order valence-electron chi connectivity index (χ4n) is 11.3. The van der Waals surface area contributed by atoms with Gasteiger partial charge in [0.05, 0.1) is 26.4 Å². The summed E-state index contributed by atoms with van der Waals surface area (Å²) in [7, 11) is -10.0. The van der Waals surface area contributed by atoms with Gasteiger partial charge in [0.1, 0.15) is 19.3 Å². The third-order valence-corrected chi connectivity index (χ3v) is 19.6. The third kappa shape index (κ3) is 79.3. The Morgan fingerprint density at radius 2 is 0.500 bits per heavy atom. The molecule has 2 unspecified atom stereocenters. The molecule has 620 valence electrons. The van der Waals surface area contributed by atoms with Crippen LogP contribution in [0.3, 0.4) is 0 Å². The maximum Gasteiger partial charge on any atom is 0.472 e. The number of carbonyl (C=O) groups excluding carboxylic acids is 4. The van der Waals surface area contributed by atoms with Crippen LogP contribution in [0, 0.1) is 0 Å². The van der Waals surface area contributed by atoms with Gasteiger partial charge in [0, 0.05) is 25.7 Å². The second-order valence-electron chi connectivity index (χ2n) is 28.0. The number of aliphatic hydroxyl groups is 1. The molecule has 0 aromatic heterocycles. The van der Waals surface area contributed by atoms with Gasteiger partial charge in [-0.2, -0.15) is 0 Å². The molecule has 0 aromatic rings. The molecule has 19 heteroatoms. The smallest absolute Gasteiger partial charge is 0.462 e. The zero-order valence-electron chi connectivity index (χ0n) is 68.0. The van der Waals surface area contributed by atoms with Gasteiger partial charge in [0.25, 0.3) is 0 Å². The van der Waals surface area contributed by atoms with Crippen LogP contribution in [0.15, 0.2) is 134 Å². The van der Waals surface area contributed by atoms with E-state index in [1.165, 1.54) is 135 Å². The number of hydrogen-bond acceptors (Lipinski definition) is 15. The Morgan fingerprint density at radius 1 is 0.269 bits per heavy atom. The predicted molar refractivity (Wildman–Crippen MR) is 445 cm³/mol. The van der Waals surface area contributed by atoms with Crippen molar-refractivity contribution in [2.24, 2.45) is 0 Å². The molecule has 0 aliphatic carbocycles. The van der Waals surface area contributed by atoms with E-state index in [1.807, 2.05) is 18.2 Å². The Morgan fingerprint density at radius 3 is 0.796 bits per heavy atom. The molecule has 0 aliphatic rings. The maximum atomic E-state index is 13.1. The van der Waals surface area contributed by atoms with E-state index in [0.717, 1.165) is 128 Å². The molecule has 0 rings (SSSR count). The van der Waals surface area contributed by atoms with E-state index in [-0.39, 0.29) is 25.7 Å². The van der Waals surface area contributed by atoms with Crippen LogP contribution < -0.4 is 0 Å². The summed E-state index contributed by atoms with van der Waals surface area (Å²) in [6.07, 6.45) is 91.5. The number of carbonyl (C=O) groups is 4. The topological polar surface area (TPSA) is 237 Å². The molecule has 3 N–H and O–H groups in total. The summed E-state index contributed by atoms with van der Waals surface area (Å²) in [5, 5.41) is 10.7. The highest BCUT2D eigenvalue weighted by atomic mass is 31.2. The summed E-state index contributed by atoms with van der Waals surface area (Å²) in [6, 6.07) is 0. The molecule has 5 atom stereocenters. The van der Waals surface area contributed by atoms with E-state index < -0.39 is 97.5 Å². The molecule has 0 saturated carbocycles.